The van der Waals surface area contributed by atoms with Crippen LogP contribution >= 0.6 is 0 Å². The van der Waals surface area contributed by atoms with Crippen molar-refractivity contribution in [1.29, 1.82) is 0 Å². The Hall–Kier alpha value is -1.84. The summed E-state index contributed by atoms with van der Waals surface area (Å²) in [6.45, 7) is 6.00. The molecule has 0 spiro atoms. The number of hydrogen-bond donors (Lipinski definition) is 0. The minimum atomic E-state index is -1.02. The molecule has 2 atom stereocenters. The van der Waals surface area contributed by atoms with Gasteiger partial charge in [0, 0.05) is 18.5 Å². The number of carbonyl (C=O) groups excluding carboxylic acids is 2. The van der Waals surface area contributed by atoms with Gasteiger partial charge in [-0.05, 0) is 43.7 Å². The van der Waals surface area contributed by atoms with E-state index in [0.29, 0.717) is 6.42 Å². The molecule has 0 unspecified atom stereocenters. The average molecular weight is 327 g/mol. The number of rotatable bonds is 2. The molecule has 1 heterocycles. The molecule has 1 saturated heterocycles. The zero-order chi connectivity index (χ0) is 17.3. The number of hydrogen-bond acceptors (Lipinski definition) is 3. The highest BCUT2D eigenvalue weighted by molar-refractivity contribution is 6.06. The Morgan fingerprint density at radius 3 is 2.17 bits per heavy atom. The van der Waals surface area contributed by atoms with Crippen LogP contribution in [0.5, 0.6) is 0 Å². The summed E-state index contributed by atoms with van der Waals surface area (Å²) in [5.41, 5.74) is 0.589. The summed E-state index contributed by atoms with van der Waals surface area (Å²) in [7, 11) is 1.85. The summed E-state index contributed by atoms with van der Waals surface area (Å²) in [5, 5.41) is 0. The summed E-state index contributed by atoms with van der Waals surface area (Å²) in [5.74, 6) is -0.384. The van der Waals surface area contributed by atoms with Gasteiger partial charge < -0.3 is 9.64 Å². The smallest absolute Gasteiger partial charge is 0.322 e. The van der Waals surface area contributed by atoms with Crippen LogP contribution in [-0.2, 0) is 27.2 Å². The molecule has 2 bridgehead atoms. The lowest BCUT2D eigenvalue weighted by Crippen LogP contribution is -2.54. The third-order valence-corrected chi connectivity index (χ3v) is 7.30. The van der Waals surface area contributed by atoms with E-state index in [2.05, 4.69) is 12.1 Å². The van der Waals surface area contributed by atoms with E-state index >= 15 is 0 Å². The zero-order valence-corrected chi connectivity index (χ0v) is 14.9. The van der Waals surface area contributed by atoms with Gasteiger partial charge in [-0.25, -0.2) is 0 Å². The van der Waals surface area contributed by atoms with Gasteiger partial charge in [0.2, 0.25) is 5.91 Å². The number of amides is 1. The van der Waals surface area contributed by atoms with Crippen LogP contribution in [0, 0.1) is 10.8 Å². The lowest BCUT2D eigenvalue weighted by atomic mass is 9.65. The standard InChI is InChI=1S/C20H25NO3/c1-18(2)19(3)9-10-20(18,17(23)24-19)16(22)21(4)15-11-13-7-5-6-8-14(13)12-15/h5-8,15H,9-12H2,1-4H3/t19-,20+/m1/s1. The highest BCUT2D eigenvalue weighted by atomic mass is 16.6. The fourth-order valence-electron chi connectivity index (χ4n) is 5.07. The van der Waals surface area contributed by atoms with Crippen molar-refractivity contribution < 1.29 is 14.3 Å². The van der Waals surface area contributed by atoms with Gasteiger partial charge >= 0.3 is 5.97 Å². The zero-order valence-electron chi connectivity index (χ0n) is 14.9. The molecular weight excluding hydrogens is 302 g/mol. The number of nitrogens with zero attached hydrogens (tertiary/aromatic N) is 1. The molecule has 1 amide bonds. The topological polar surface area (TPSA) is 46.6 Å². The third-order valence-electron chi connectivity index (χ3n) is 7.30. The van der Waals surface area contributed by atoms with E-state index in [9.17, 15) is 9.59 Å². The van der Waals surface area contributed by atoms with Crippen LogP contribution in [-0.4, -0.2) is 35.5 Å². The molecule has 0 aromatic heterocycles. The fraction of sp³-hybridized carbons (Fsp3) is 0.600. The number of ether oxygens (including phenoxy) is 1. The maximum Gasteiger partial charge on any atom is 0.322 e. The van der Waals surface area contributed by atoms with Crippen LogP contribution in [0.3, 0.4) is 0 Å². The maximum absolute atomic E-state index is 13.5. The summed E-state index contributed by atoms with van der Waals surface area (Å²) >= 11 is 0. The minimum Gasteiger partial charge on any atom is -0.458 e. The van der Waals surface area contributed by atoms with Crippen molar-refractivity contribution in [2.45, 2.75) is 58.1 Å². The Morgan fingerprint density at radius 2 is 1.71 bits per heavy atom. The van der Waals surface area contributed by atoms with Crippen LogP contribution in [0.25, 0.3) is 0 Å². The van der Waals surface area contributed by atoms with Crippen molar-refractivity contribution in [3.05, 3.63) is 35.4 Å². The van der Waals surface area contributed by atoms with Crippen LogP contribution in [0.2, 0.25) is 0 Å². The van der Waals surface area contributed by atoms with E-state index in [0.717, 1.165) is 19.3 Å². The molecule has 4 rings (SSSR count). The summed E-state index contributed by atoms with van der Waals surface area (Å²) in [4.78, 5) is 28.0. The van der Waals surface area contributed by atoms with Crippen LogP contribution in [0.4, 0.5) is 0 Å². The lowest BCUT2D eigenvalue weighted by Gasteiger charge is -2.38. The van der Waals surface area contributed by atoms with E-state index in [1.165, 1.54) is 11.1 Å². The summed E-state index contributed by atoms with van der Waals surface area (Å²) in [6.07, 6.45) is 3.08. The molecule has 1 aromatic rings. The molecule has 1 saturated carbocycles. The highest BCUT2D eigenvalue weighted by Gasteiger charge is 2.76. The number of likely N-dealkylation sites (N-methyl/N-ethyl adjacent to an activating group) is 1. The van der Waals surface area contributed by atoms with E-state index in [1.807, 2.05) is 44.9 Å². The molecule has 4 heteroatoms. The van der Waals surface area contributed by atoms with Crippen molar-refractivity contribution in [3.8, 4) is 0 Å². The van der Waals surface area contributed by atoms with Gasteiger partial charge in [-0.15, -0.1) is 0 Å². The summed E-state index contributed by atoms with van der Waals surface area (Å²) < 4.78 is 5.68. The van der Waals surface area contributed by atoms with Crippen molar-refractivity contribution >= 4 is 11.9 Å². The molecule has 1 aromatic carbocycles. The van der Waals surface area contributed by atoms with Gasteiger partial charge in [-0.3, -0.25) is 9.59 Å². The number of carbonyl (C=O) groups is 2. The molecule has 3 aliphatic rings. The van der Waals surface area contributed by atoms with Gasteiger partial charge in [0.05, 0.1) is 0 Å². The molecule has 0 N–H and O–H groups in total. The van der Waals surface area contributed by atoms with Gasteiger partial charge in [0.1, 0.15) is 5.60 Å². The van der Waals surface area contributed by atoms with Gasteiger partial charge in [0.25, 0.3) is 0 Å². The Morgan fingerprint density at radius 1 is 1.12 bits per heavy atom. The number of esters is 1. The first-order chi connectivity index (χ1) is 11.2. The lowest BCUT2D eigenvalue weighted by molar-refractivity contribution is -0.165. The number of fused-ring (bicyclic) bond motifs is 3. The van der Waals surface area contributed by atoms with Crippen molar-refractivity contribution in [2.75, 3.05) is 7.05 Å². The van der Waals surface area contributed by atoms with E-state index in [-0.39, 0.29) is 17.9 Å². The fourth-order valence-corrected chi connectivity index (χ4v) is 5.07. The first kappa shape index (κ1) is 15.7. The molecule has 4 nitrogen and oxygen atoms in total. The second kappa shape index (κ2) is 4.62. The maximum atomic E-state index is 13.5. The Kier molecular flexibility index (Phi) is 3.02. The van der Waals surface area contributed by atoms with Gasteiger partial charge in [-0.2, -0.15) is 0 Å². The Labute approximate surface area is 143 Å². The first-order valence-electron chi connectivity index (χ1n) is 8.80. The van der Waals surface area contributed by atoms with E-state index in [1.54, 1.807) is 0 Å². The molecule has 1 aliphatic heterocycles. The predicted octanol–water partition coefficient (Wildman–Crippen LogP) is 2.73. The molecule has 128 valence electrons. The monoisotopic (exact) mass is 327 g/mol. The first-order valence-corrected chi connectivity index (χ1v) is 8.80. The van der Waals surface area contributed by atoms with Crippen LogP contribution < -0.4 is 0 Å². The molecule has 2 aliphatic carbocycles. The largest absolute Gasteiger partial charge is 0.458 e. The molecular formula is C20H25NO3. The molecule has 24 heavy (non-hydrogen) atoms. The average Bonchev–Trinajstić information content (AvgIpc) is 3.09. The van der Waals surface area contributed by atoms with E-state index in [4.69, 9.17) is 4.74 Å². The Balaban J connectivity index is 1.64. The highest BCUT2D eigenvalue weighted by Crippen LogP contribution is 2.66. The normalized spacial score (nSPS) is 33.4. The summed E-state index contributed by atoms with van der Waals surface area (Å²) in [6, 6.07) is 8.47. The van der Waals surface area contributed by atoms with Crippen molar-refractivity contribution in [1.82, 2.24) is 4.90 Å². The Bertz CT molecular complexity index is 715. The van der Waals surface area contributed by atoms with Gasteiger partial charge in [0.15, 0.2) is 5.41 Å². The SMILES string of the molecule is CN(C(=O)[C@@]12CC[C@@](C)(OC1=O)C2(C)C)C1Cc2ccccc2C1. The van der Waals surface area contributed by atoms with Gasteiger partial charge in [-0.1, -0.05) is 38.1 Å². The second-order valence-electron chi connectivity index (χ2n) is 8.40. The molecule has 2 fully saturated rings. The van der Waals surface area contributed by atoms with Crippen LogP contribution in [0.1, 0.15) is 44.7 Å². The van der Waals surface area contributed by atoms with Crippen LogP contribution in [0.15, 0.2) is 24.3 Å². The van der Waals surface area contributed by atoms with E-state index < -0.39 is 16.4 Å². The van der Waals surface area contributed by atoms with Crippen molar-refractivity contribution in [3.63, 3.8) is 0 Å². The quantitative estimate of drug-likeness (QED) is 0.620. The second-order valence-corrected chi connectivity index (χ2v) is 8.40. The predicted molar refractivity (Wildman–Crippen MR) is 90.4 cm³/mol. The van der Waals surface area contributed by atoms with Crippen molar-refractivity contribution in [2.24, 2.45) is 10.8 Å². The minimum absolute atomic E-state index is 0.0588. The number of benzene rings is 1. The third kappa shape index (κ3) is 1.64. The molecule has 0 radical (unpaired) electrons.